The van der Waals surface area contributed by atoms with Crippen molar-refractivity contribution in [2.75, 3.05) is 0 Å². The third kappa shape index (κ3) is 2.18. The summed E-state index contributed by atoms with van der Waals surface area (Å²) in [7, 11) is 0. The molecule has 17 heavy (non-hydrogen) atoms. The molecule has 0 atom stereocenters. The van der Waals surface area contributed by atoms with E-state index in [1.807, 2.05) is 0 Å². The van der Waals surface area contributed by atoms with E-state index in [-0.39, 0.29) is 16.7 Å². The van der Waals surface area contributed by atoms with Crippen molar-refractivity contribution < 1.29 is 13.2 Å². The minimum atomic E-state index is -3.10. The summed E-state index contributed by atoms with van der Waals surface area (Å²) >= 11 is 0. The number of hydrogen-bond acceptors (Lipinski definition) is 0. The Morgan fingerprint density at radius 1 is 0.882 bits per heavy atom. The maximum atomic E-state index is 14.1. The molecule has 2 aromatic rings. The van der Waals surface area contributed by atoms with E-state index in [0.29, 0.717) is 0 Å². The molecule has 0 aliphatic rings. The lowest BCUT2D eigenvalue weighted by atomic mass is 9.99. The molecule has 0 saturated heterocycles. The molecule has 0 aliphatic carbocycles. The first kappa shape index (κ1) is 11.7. The lowest BCUT2D eigenvalue weighted by Crippen LogP contribution is -2.15. The summed E-state index contributed by atoms with van der Waals surface area (Å²) in [5, 5.41) is 0. The second-order valence-corrected chi connectivity index (χ2v) is 3.90. The first-order chi connectivity index (χ1) is 8.01. The predicted octanol–water partition coefficient (Wildman–Crippen LogP) is 4.27. The molecule has 88 valence electrons. The molecule has 0 amide bonds. The zero-order valence-electron chi connectivity index (χ0n) is 9.25. The molecular weight excluding hydrogens is 225 g/mol. The van der Waals surface area contributed by atoms with E-state index in [1.165, 1.54) is 25.1 Å². The normalized spacial score (nSPS) is 11.5. The zero-order valence-corrected chi connectivity index (χ0v) is 9.25. The highest BCUT2D eigenvalue weighted by atomic mass is 19.3. The number of benzene rings is 2. The van der Waals surface area contributed by atoms with Crippen molar-refractivity contribution in [3.05, 3.63) is 71.0 Å². The molecule has 0 radical (unpaired) electrons. The fourth-order valence-corrected chi connectivity index (χ4v) is 1.65. The van der Waals surface area contributed by atoms with Gasteiger partial charge in [-0.25, -0.2) is 4.39 Å². The average molecular weight is 236 g/mol. The lowest BCUT2D eigenvalue weighted by Gasteiger charge is -2.17. The Morgan fingerprint density at radius 2 is 1.53 bits per heavy atom. The van der Waals surface area contributed by atoms with Crippen LogP contribution in [0.3, 0.4) is 0 Å². The van der Waals surface area contributed by atoms with Gasteiger partial charge in [-0.3, -0.25) is 0 Å². The molecule has 0 fully saturated rings. The summed E-state index contributed by atoms with van der Waals surface area (Å²) in [5.74, 6) is -3.57. The second-order valence-electron chi connectivity index (χ2n) is 3.90. The van der Waals surface area contributed by atoms with Gasteiger partial charge in [0.25, 0.3) is 5.92 Å². The fourth-order valence-electron chi connectivity index (χ4n) is 1.65. The average Bonchev–Trinajstić information content (AvgIpc) is 2.33. The van der Waals surface area contributed by atoms with Crippen molar-refractivity contribution in [2.24, 2.45) is 0 Å². The van der Waals surface area contributed by atoms with Crippen molar-refractivity contribution in [3.63, 3.8) is 0 Å². The highest BCUT2D eigenvalue weighted by Gasteiger charge is 2.33. The van der Waals surface area contributed by atoms with Gasteiger partial charge >= 0.3 is 0 Å². The topological polar surface area (TPSA) is 0 Å². The van der Waals surface area contributed by atoms with Crippen LogP contribution in [0.2, 0.25) is 0 Å². The van der Waals surface area contributed by atoms with Gasteiger partial charge in [0.2, 0.25) is 0 Å². The molecule has 0 spiro atoms. The Kier molecular flexibility index (Phi) is 2.92. The molecule has 2 rings (SSSR count). The SMILES string of the molecule is Cc1cc(C(F)(F)c2ccccc2)ccc1F. The van der Waals surface area contributed by atoms with Crippen molar-refractivity contribution >= 4 is 0 Å². The molecule has 0 bridgehead atoms. The van der Waals surface area contributed by atoms with E-state index in [2.05, 4.69) is 0 Å². The van der Waals surface area contributed by atoms with E-state index in [4.69, 9.17) is 0 Å². The van der Waals surface area contributed by atoms with Gasteiger partial charge in [0.1, 0.15) is 5.82 Å². The lowest BCUT2D eigenvalue weighted by molar-refractivity contribution is 0.0427. The van der Waals surface area contributed by atoms with E-state index in [9.17, 15) is 13.2 Å². The summed E-state index contributed by atoms with van der Waals surface area (Å²) in [6.45, 7) is 1.47. The van der Waals surface area contributed by atoms with Gasteiger partial charge in [-0.1, -0.05) is 30.3 Å². The standard InChI is InChI=1S/C14H11F3/c1-10-9-12(7-8-13(10)15)14(16,17)11-5-3-2-4-6-11/h2-9H,1H3. The Balaban J connectivity index is 2.48. The fraction of sp³-hybridized carbons (Fsp3) is 0.143. The van der Waals surface area contributed by atoms with E-state index in [0.717, 1.165) is 12.1 Å². The number of aryl methyl sites for hydroxylation is 1. The zero-order chi connectivity index (χ0) is 12.5. The minimum absolute atomic E-state index is 0.0917. The maximum Gasteiger partial charge on any atom is 0.298 e. The predicted molar refractivity (Wildman–Crippen MR) is 60.6 cm³/mol. The molecule has 3 heteroatoms. The van der Waals surface area contributed by atoms with Crippen LogP contribution in [0.5, 0.6) is 0 Å². The first-order valence-electron chi connectivity index (χ1n) is 5.22. The molecule has 0 heterocycles. The van der Waals surface area contributed by atoms with Crippen LogP contribution in [0, 0.1) is 12.7 Å². The third-order valence-corrected chi connectivity index (χ3v) is 2.66. The Labute approximate surface area is 97.7 Å². The highest BCUT2D eigenvalue weighted by Crippen LogP contribution is 2.35. The van der Waals surface area contributed by atoms with Crippen LogP contribution in [0.25, 0.3) is 0 Å². The summed E-state index contributed by atoms with van der Waals surface area (Å²) in [6.07, 6.45) is 0. The quantitative estimate of drug-likeness (QED) is 0.730. The molecular formula is C14H11F3. The van der Waals surface area contributed by atoms with Crippen LogP contribution >= 0.6 is 0 Å². The van der Waals surface area contributed by atoms with Crippen molar-refractivity contribution in [1.82, 2.24) is 0 Å². The third-order valence-electron chi connectivity index (χ3n) is 2.66. The van der Waals surface area contributed by atoms with Crippen LogP contribution in [0.15, 0.2) is 48.5 Å². The summed E-state index contributed by atoms with van der Waals surface area (Å²) in [4.78, 5) is 0. The Hall–Kier alpha value is -1.77. The number of halogens is 3. The number of alkyl halides is 2. The smallest absolute Gasteiger partial charge is 0.207 e. The van der Waals surface area contributed by atoms with Crippen molar-refractivity contribution in [1.29, 1.82) is 0 Å². The molecule has 2 aromatic carbocycles. The van der Waals surface area contributed by atoms with E-state index < -0.39 is 11.7 Å². The molecule has 0 aromatic heterocycles. The molecule has 0 unspecified atom stereocenters. The van der Waals surface area contributed by atoms with Gasteiger partial charge in [0.15, 0.2) is 0 Å². The van der Waals surface area contributed by atoms with Gasteiger partial charge in [0.05, 0.1) is 0 Å². The van der Waals surface area contributed by atoms with Crippen molar-refractivity contribution in [2.45, 2.75) is 12.8 Å². The van der Waals surface area contributed by atoms with Gasteiger partial charge in [0, 0.05) is 11.1 Å². The first-order valence-corrected chi connectivity index (χ1v) is 5.22. The van der Waals surface area contributed by atoms with Gasteiger partial charge < -0.3 is 0 Å². The summed E-state index contributed by atoms with van der Waals surface area (Å²) in [5.41, 5.74) is -0.0632. The molecule has 0 saturated carbocycles. The Morgan fingerprint density at radius 3 is 2.12 bits per heavy atom. The Bertz CT molecular complexity index is 518. The van der Waals surface area contributed by atoms with Crippen LogP contribution in [-0.4, -0.2) is 0 Å². The van der Waals surface area contributed by atoms with Crippen LogP contribution in [0.1, 0.15) is 16.7 Å². The van der Waals surface area contributed by atoms with Crippen LogP contribution in [-0.2, 0) is 5.92 Å². The molecule has 0 N–H and O–H groups in total. The van der Waals surface area contributed by atoms with E-state index >= 15 is 0 Å². The largest absolute Gasteiger partial charge is 0.298 e. The molecule has 0 nitrogen and oxygen atoms in total. The summed E-state index contributed by atoms with van der Waals surface area (Å²) in [6, 6.07) is 10.9. The maximum absolute atomic E-state index is 14.1. The van der Waals surface area contributed by atoms with Gasteiger partial charge in [-0.05, 0) is 30.7 Å². The monoisotopic (exact) mass is 236 g/mol. The summed E-state index contributed by atoms with van der Waals surface area (Å²) < 4.78 is 41.2. The number of rotatable bonds is 2. The highest BCUT2D eigenvalue weighted by molar-refractivity contribution is 5.35. The second kappa shape index (κ2) is 4.24. The van der Waals surface area contributed by atoms with Gasteiger partial charge in [-0.15, -0.1) is 0 Å². The van der Waals surface area contributed by atoms with Crippen molar-refractivity contribution in [3.8, 4) is 0 Å². The van der Waals surface area contributed by atoms with E-state index in [1.54, 1.807) is 18.2 Å². The minimum Gasteiger partial charge on any atom is -0.207 e. The van der Waals surface area contributed by atoms with Crippen LogP contribution in [0.4, 0.5) is 13.2 Å². The van der Waals surface area contributed by atoms with Crippen LogP contribution < -0.4 is 0 Å². The molecule has 0 aliphatic heterocycles. The number of hydrogen-bond donors (Lipinski definition) is 0. The van der Waals surface area contributed by atoms with Gasteiger partial charge in [-0.2, -0.15) is 8.78 Å².